The average Bonchev–Trinajstić information content (AvgIpc) is 3.06. The molecule has 9 heteroatoms. The van der Waals surface area contributed by atoms with Gasteiger partial charge in [0, 0.05) is 17.3 Å². The molecule has 0 amide bonds. The van der Waals surface area contributed by atoms with Crippen LogP contribution in [0.15, 0.2) is 68.8 Å². The summed E-state index contributed by atoms with van der Waals surface area (Å²) >= 11 is 0. The third kappa shape index (κ3) is 4.06. The zero-order valence-corrected chi connectivity index (χ0v) is 18.9. The lowest BCUT2D eigenvalue weighted by Crippen LogP contribution is -2.21. The van der Waals surface area contributed by atoms with Gasteiger partial charge in [-0.3, -0.25) is 9.52 Å². The molecule has 0 fully saturated rings. The molecule has 8 nitrogen and oxygen atoms in total. The van der Waals surface area contributed by atoms with E-state index in [0.717, 1.165) is 5.56 Å². The van der Waals surface area contributed by atoms with E-state index in [1.165, 1.54) is 10.7 Å². The summed E-state index contributed by atoms with van der Waals surface area (Å²) < 4.78 is 35.2. The molecule has 2 aromatic heterocycles. The van der Waals surface area contributed by atoms with Crippen LogP contribution in [-0.4, -0.2) is 23.4 Å². The van der Waals surface area contributed by atoms with Crippen LogP contribution >= 0.6 is 0 Å². The summed E-state index contributed by atoms with van der Waals surface area (Å²) in [7, 11) is -3.84. The zero-order chi connectivity index (χ0) is 23.0. The molecule has 0 aliphatic heterocycles. The van der Waals surface area contributed by atoms with E-state index in [9.17, 15) is 13.2 Å². The Hall–Kier alpha value is -3.72. The first kappa shape index (κ1) is 21.5. The van der Waals surface area contributed by atoms with E-state index in [1.54, 1.807) is 63.2 Å². The van der Waals surface area contributed by atoms with Gasteiger partial charge in [0.15, 0.2) is 5.76 Å². The van der Waals surface area contributed by atoms with Crippen LogP contribution in [0.1, 0.15) is 22.6 Å². The van der Waals surface area contributed by atoms with Gasteiger partial charge in [0.05, 0.1) is 10.6 Å². The third-order valence-corrected chi connectivity index (χ3v) is 6.57. The summed E-state index contributed by atoms with van der Waals surface area (Å²) in [6, 6.07) is 15.1. The molecule has 0 saturated heterocycles. The highest BCUT2D eigenvalue weighted by molar-refractivity contribution is 7.92. The fourth-order valence-electron chi connectivity index (χ4n) is 3.47. The second-order valence-corrected chi connectivity index (χ2v) is 9.25. The first-order chi connectivity index (χ1) is 15.2. The molecule has 0 unspecified atom stereocenters. The van der Waals surface area contributed by atoms with Gasteiger partial charge in [-0.1, -0.05) is 29.4 Å². The van der Waals surface area contributed by atoms with Crippen LogP contribution in [0.4, 0.5) is 5.69 Å². The van der Waals surface area contributed by atoms with Gasteiger partial charge in [0.2, 0.25) is 0 Å². The molecule has 4 aromatic rings. The Bertz CT molecular complexity index is 1470. The van der Waals surface area contributed by atoms with E-state index in [4.69, 9.17) is 4.52 Å². The third-order valence-electron chi connectivity index (χ3n) is 5.05. The van der Waals surface area contributed by atoms with Gasteiger partial charge in [0.1, 0.15) is 11.4 Å². The Morgan fingerprint density at radius 3 is 2.44 bits per heavy atom. The van der Waals surface area contributed by atoms with Crippen molar-refractivity contribution in [2.45, 2.75) is 32.6 Å². The van der Waals surface area contributed by atoms with E-state index in [0.29, 0.717) is 39.6 Å². The van der Waals surface area contributed by atoms with Crippen molar-refractivity contribution >= 4 is 15.7 Å². The number of hydrogen-bond acceptors (Lipinski definition) is 6. The van der Waals surface area contributed by atoms with E-state index in [-0.39, 0.29) is 10.5 Å². The van der Waals surface area contributed by atoms with E-state index in [2.05, 4.69) is 15.0 Å². The van der Waals surface area contributed by atoms with Gasteiger partial charge in [0.25, 0.3) is 15.6 Å². The van der Waals surface area contributed by atoms with Crippen molar-refractivity contribution < 1.29 is 12.9 Å². The monoisotopic (exact) mass is 450 g/mol. The predicted molar refractivity (Wildman–Crippen MR) is 122 cm³/mol. The van der Waals surface area contributed by atoms with Crippen LogP contribution in [0.3, 0.4) is 0 Å². The number of aryl methyl sites for hydroxylation is 4. The number of rotatable bonds is 5. The first-order valence-electron chi connectivity index (χ1n) is 9.90. The van der Waals surface area contributed by atoms with Crippen LogP contribution in [0.2, 0.25) is 0 Å². The maximum absolute atomic E-state index is 13.1. The Balaban J connectivity index is 1.78. The molecule has 164 valence electrons. The second kappa shape index (κ2) is 8.08. The topological polar surface area (TPSA) is 107 Å². The molecular weight excluding hydrogens is 428 g/mol. The Morgan fingerprint density at radius 2 is 1.75 bits per heavy atom. The van der Waals surface area contributed by atoms with Crippen molar-refractivity contribution in [3.05, 3.63) is 87.5 Å². The summed E-state index contributed by atoms with van der Waals surface area (Å²) in [4.78, 5) is 12.6. The van der Waals surface area contributed by atoms with E-state index >= 15 is 0 Å². The summed E-state index contributed by atoms with van der Waals surface area (Å²) in [6.07, 6.45) is 0. The second-order valence-electron chi connectivity index (χ2n) is 7.60. The maximum Gasteiger partial charge on any atom is 0.271 e. The van der Waals surface area contributed by atoms with E-state index in [1.807, 2.05) is 13.0 Å². The summed E-state index contributed by atoms with van der Waals surface area (Å²) in [5, 5.41) is 8.32. The summed E-state index contributed by atoms with van der Waals surface area (Å²) in [5.41, 5.74) is 3.68. The molecule has 0 bridgehead atoms. The molecule has 2 aromatic carbocycles. The smallest absolute Gasteiger partial charge is 0.271 e. The van der Waals surface area contributed by atoms with Crippen molar-refractivity contribution in [2.24, 2.45) is 0 Å². The highest BCUT2D eigenvalue weighted by Crippen LogP contribution is 2.26. The van der Waals surface area contributed by atoms with Crippen LogP contribution in [0.5, 0.6) is 0 Å². The fraction of sp³-hybridized carbons (Fsp3) is 0.174. The van der Waals surface area contributed by atoms with Gasteiger partial charge in [-0.25, -0.2) is 8.42 Å². The highest BCUT2D eigenvalue weighted by Gasteiger charge is 2.20. The van der Waals surface area contributed by atoms with Crippen LogP contribution in [0, 0.1) is 27.7 Å². The molecule has 1 N–H and O–H groups in total. The largest absolute Gasteiger partial charge is 0.359 e. The van der Waals surface area contributed by atoms with Gasteiger partial charge < -0.3 is 4.52 Å². The standard InChI is InChI=1S/C23H22N4O4S/c1-14-6-5-7-19(12-14)26-32(29,30)21-13-18(9-8-15(21)2)20-10-11-22(28)27(24-20)23-16(3)25-31-17(23)4/h5-13,26H,1-4H3. The number of nitrogens with zero attached hydrogens (tertiary/aromatic N) is 3. The molecule has 2 heterocycles. The molecule has 0 spiro atoms. The molecule has 0 atom stereocenters. The van der Waals surface area contributed by atoms with Gasteiger partial charge in [-0.05, 0) is 63.1 Å². The normalized spacial score (nSPS) is 11.5. The summed E-state index contributed by atoms with van der Waals surface area (Å²) in [6.45, 7) is 7.04. The number of benzene rings is 2. The van der Waals surface area contributed by atoms with Gasteiger partial charge in [-0.2, -0.15) is 9.78 Å². The van der Waals surface area contributed by atoms with Crippen molar-refractivity contribution in [1.82, 2.24) is 14.9 Å². The molecule has 0 saturated carbocycles. The molecular formula is C23H22N4O4S. The number of aromatic nitrogens is 3. The average molecular weight is 451 g/mol. The molecule has 0 radical (unpaired) electrons. The van der Waals surface area contributed by atoms with Gasteiger partial charge >= 0.3 is 0 Å². The minimum atomic E-state index is -3.84. The minimum Gasteiger partial charge on any atom is -0.359 e. The molecule has 4 rings (SSSR count). The quantitative estimate of drug-likeness (QED) is 0.494. The van der Waals surface area contributed by atoms with E-state index < -0.39 is 10.0 Å². The number of anilines is 1. The zero-order valence-electron chi connectivity index (χ0n) is 18.1. The van der Waals surface area contributed by atoms with Crippen LogP contribution < -0.4 is 10.3 Å². The lowest BCUT2D eigenvalue weighted by atomic mass is 10.1. The fourth-order valence-corrected chi connectivity index (χ4v) is 4.79. The Labute approximate surface area is 185 Å². The van der Waals surface area contributed by atoms with Gasteiger partial charge in [-0.15, -0.1) is 0 Å². The Kier molecular flexibility index (Phi) is 5.43. The number of sulfonamides is 1. The molecule has 32 heavy (non-hydrogen) atoms. The molecule has 0 aliphatic rings. The van der Waals surface area contributed by atoms with Crippen molar-refractivity contribution in [3.63, 3.8) is 0 Å². The SMILES string of the molecule is Cc1cccc(NS(=O)(=O)c2cc(-c3ccc(=O)n(-c4c(C)noc4C)n3)ccc2C)c1. The van der Waals surface area contributed by atoms with Crippen molar-refractivity contribution in [1.29, 1.82) is 0 Å². The first-order valence-corrected chi connectivity index (χ1v) is 11.4. The van der Waals surface area contributed by atoms with Crippen molar-refractivity contribution in [3.8, 4) is 16.9 Å². The van der Waals surface area contributed by atoms with Crippen LogP contribution in [0.25, 0.3) is 16.9 Å². The maximum atomic E-state index is 13.1. The molecule has 0 aliphatic carbocycles. The lowest BCUT2D eigenvalue weighted by Gasteiger charge is -2.13. The Morgan fingerprint density at radius 1 is 0.969 bits per heavy atom. The minimum absolute atomic E-state index is 0.133. The predicted octanol–water partition coefficient (Wildman–Crippen LogP) is 3.92. The van der Waals surface area contributed by atoms with Crippen LogP contribution in [-0.2, 0) is 10.0 Å². The number of nitrogens with one attached hydrogen (secondary N) is 1. The van der Waals surface area contributed by atoms with Crippen molar-refractivity contribution in [2.75, 3.05) is 4.72 Å². The highest BCUT2D eigenvalue weighted by atomic mass is 32.2. The lowest BCUT2D eigenvalue weighted by molar-refractivity contribution is 0.392. The summed E-state index contributed by atoms with van der Waals surface area (Å²) in [5.74, 6) is 0.462. The number of hydrogen-bond donors (Lipinski definition) is 1.